The molecule has 0 spiro atoms. The van der Waals surface area contributed by atoms with Crippen molar-refractivity contribution < 1.29 is 0 Å². The van der Waals surface area contributed by atoms with E-state index in [-0.39, 0.29) is 13.0 Å². The zero-order valence-electron chi connectivity index (χ0n) is 8.27. The molecule has 2 aromatic rings. The van der Waals surface area contributed by atoms with Gasteiger partial charge in [-0.25, -0.2) is 4.68 Å². The van der Waals surface area contributed by atoms with Crippen LogP contribution in [0.5, 0.6) is 0 Å². The predicted octanol–water partition coefficient (Wildman–Crippen LogP) is 2.12. The Labute approximate surface area is 89.6 Å². The van der Waals surface area contributed by atoms with Crippen molar-refractivity contribution >= 4 is 0 Å². The molecule has 0 bridgehead atoms. The summed E-state index contributed by atoms with van der Waals surface area (Å²) in [4.78, 5) is 11.6. The summed E-state index contributed by atoms with van der Waals surface area (Å²) in [6, 6.07) is 11.2. The highest BCUT2D eigenvalue weighted by molar-refractivity contribution is 5.30. The Balaban J connectivity index is 0.00000112. The van der Waals surface area contributed by atoms with Crippen LogP contribution >= 0.6 is 0 Å². The van der Waals surface area contributed by atoms with Crippen LogP contribution in [0.4, 0.5) is 0 Å². The number of aromatic nitrogens is 2. The molecule has 1 aromatic carbocycles. The van der Waals surface area contributed by atoms with Gasteiger partial charge in [-0.15, -0.1) is 0 Å². The molecule has 0 amide bonds. The summed E-state index contributed by atoms with van der Waals surface area (Å²) in [5.41, 5.74) is 1.86. The smallest absolute Gasteiger partial charge is 0.271 e. The quantitative estimate of drug-likeness (QED) is 0.699. The molecular weight excluding hydrogens is 188 g/mol. The highest BCUT2D eigenvalue weighted by Gasteiger charge is 2.05. The fourth-order valence-corrected chi connectivity index (χ4v) is 1.51. The van der Waals surface area contributed by atoms with Crippen LogP contribution in [0.3, 0.4) is 0 Å². The molecule has 1 heterocycles. The number of para-hydroxylation sites is 1. The van der Waals surface area contributed by atoms with E-state index >= 15 is 0 Å². The lowest BCUT2D eigenvalue weighted by atomic mass is 10.3. The van der Waals surface area contributed by atoms with Crippen LogP contribution in [-0.2, 0) is 7.05 Å². The van der Waals surface area contributed by atoms with Gasteiger partial charge in [0.25, 0.3) is 5.56 Å². The van der Waals surface area contributed by atoms with E-state index < -0.39 is 0 Å². The molecule has 1 aromatic heterocycles. The number of rotatable bonds is 1. The van der Waals surface area contributed by atoms with E-state index in [1.807, 2.05) is 49.0 Å². The summed E-state index contributed by atoms with van der Waals surface area (Å²) >= 11 is 0. The van der Waals surface area contributed by atoms with Crippen molar-refractivity contribution in [1.29, 1.82) is 0 Å². The average Bonchev–Trinajstić information content (AvgIpc) is 2.43. The molecule has 3 heteroatoms. The standard InChI is InChI=1S/C11H12N2O.CH4/c1-9-8-11(14)13(12(9)2)10-6-4-3-5-7-10;/h3-8H,1-2H3;1H4. The fourth-order valence-electron chi connectivity index (χ4n) is 1.51. The summed E-state index contributed by atoms with van der Waals surface area (Å²) in [5, 5.41) is 0. The minimum Gasteiger partial charge on any atom is -0.285 e. The molecule has 0 saturated carbocycles. The van der Waals surface area contributed by atoms with Gasteiger partial charge < -0.3 is 0 Å². The molecule has 0 radical (unpaired) electrons. The van der Waals surface area contributed by atoms with E-state index in [0.29, 0.717) is 0 Å². The second-order valence-corrected chi connectivity index (χ2v) is 3.29. The van der Waals surface area contributed by atoms with Crippen LogP contribution in [-0.4, -0.2) is 9.36 Å². The number of nitrogens with zero attached hydrogens (tertiary/aromatic N) is 2. The first-order chi connectivity index (χ1) is 6.70. The normalized spacial score (nSPS) is 9.73. The monoisotopic (exact) mass is 204 g/mol. The molecule has 0 atom stereocenters. The Bertz CT molecular complexity index is 494. The van der Waals surface area contributed by atoms with Gasteiger partial charge in [-0.05, 0) is 19.1 Å². The third kappa shape index (κ3) is 1.86. The van der Waals surface area contributed by atoms with Crippen LogP contribution in [0.1, 0.15) is 13.1 Å². The first kappa shape index (κ1) is 11.3. The van der Waals surface area contributed by atoms with Crippen molar-refractivity contribution in [2.45, 2.75) is 14.4 Å². The molecule has 0 saturated heterocycles. The number of hydrogen-bond donors (Lipinski definition) is 0. The minimum atomic E-state index is 0. The van der Waals surface area contributed by atoms with Crippen LogP contribution in [0, 0.1) is 6.92 Å². The molecule has 80 valence electrons. The maximum absolute atomic E-state index is 11.6. The molecule has 0 aliphatic rings. The maximum Gasteiger partial charge on any atom is 0.271 e. The van der Waals surface area contributed by atoms with Gasteiger partial charge in [-0.2, -0.15) is 0 Å². The zero-order chi connectivity index (χ0) is 10.1. The minimum absolute atomic E-state index is 0. The molecule has 0 fully saturated rings. The highest BCUT2D eigenvalue weighted by atomic mass is 16.1. The molecule has 3 nitrogen and oxygen atoms in total. The largest absolute Gasteiger partial charge is 0.285 e. The van der Waals surface area contributed by atoms with Crippen molar-refractivity contribution in [3.63, 3.8) is 0 Å². The number of hydrogen-bond acceptors (Lipinski definition) is 1. The summed E-state index contributed by atoms with van der Waals surface area (Å²) in [6.45, 7) is 1.92. The van der Waals surface area contributed by atoms with Gasteiger partial charge in [0.05, 0.1) is 5.69 Å². The molecule has 0 N–H and O–H groups in total. The van der Waals surface area contributed by atoms with Crippen molar-refractivity contribution in [2.24, 2.45) is 7.05 Å². The van der Waals surface area contributed by atoms with Gasteiger partial charge in [0.2, 0.25) is 0 Å². The predicted molar refractivity (Wildman–Crippen MR) is 62.5 cm³/mol. The number of aryl methyl sites for hydroxylation is 1. The van der Waals surface area contributed by atoms with E-state index in [1.165, 1.54) is 0 Å². The first-order valence-electron chi connectivity index (χ1n) is 4.51. The third-order valence-electron chi connectivity index (χ3n) is 2.35. The topological polar surface area (TPSA) is 26.9 Å². The maximum atomic E-state index is 11.6. The van der Waals surface area contributed by atoms with E-state index in [1.54, 1.807) is 10.7 Å². The molecule has 15 heavy (non-hydrogen) atoms. The average molecular weight is 204 g/mol. The van der Waals surface area contributed by atoms with E-state index in [2.05, 4.69) is 0 Å². The fraction of sp³-hybridized carbons (Fsp3) is 0.250. The molecule has 0 aliphatic carbocycles. The van der Waals surface area contributed by atoms with Crippen molar-refractivity contribution in [1.82, 2.24) is 9.36 Å². The van der Waals surface area contributed by atoms with E-state index in [9.17, 15) is 4.79 Å². The van der Waals surface area contributed by atoms with Crippen LogP contribution in [0.15, 0.2) is 41.2 Å². The van der Waals surface area contributed by atoms with Crippen LogP contribution in [0.2, 0.25) is 0 Å². The lowest BCUT2D eigenvalue weighted by Crippen LogP contribution is -2.18. The Morgan fingerprint density at radius 1 is 1.13 bits per heavy atom. The van der Waals surface area contributed by atoms with Crippen molar-refractivity contribution in [3.8, 4) is 5.69 Å². The summed E-state index contributed by atoms with van der Waals surface area (Å²) in [7, 11) is 1.88. The molecule has 2 rings (SSSR count). The van der Waals surface area contributed by atoms with Crippen molar-refractivity contribution in [3.05, 3.63) is 52.4 Å². The Hall–Kier alpha value is -1.77. The molecule has 0 unspecified atom stereocenters. The van der Waals surface area contributed by atoms with Gasteiger partial charge in [-0.3, -0.25) is 9.48 Å². The van der Waals surface area contributed by atoms with Gasteiger partial charge >= 0.3 is 0 Å². The van der Waals surface area contributed by atoms with Gasteiger partial charge in [-0.1, -0.05) is 25.6 Å². The molecular formula is C12H16N2O. The Morgan fingerprint density at radius 3 is 2.20 bits per heavy atom. The lowest BCUT2D eigenvalue weighted by molar-refractivity contribution is 0.630. The van der Waals surface area contributed by atoms with Crippen LogP contribution < -0.4 is 5.56 Å². The van der Waals surface area contributed by atoms with E-state index in [0.717, 1.165) is 11.4 Å². The van der Waals surface area contributed by atoms with Gasteiger partial charge in [0.1, 0.15) is 0 Å². The lowest BCUT2D eigenvalue weighted by Gasteiger charge is -2.07. The second kappa shape index (κ2) is 4.17. The van der Waals surface area contributed by atoms with Crippen molar-refractivity contribution in [2.75, 3.05) is 0 Å². The third-order valence-corrected chi connectivity index (χ3v) is 2.35. The van der Waals surface area contributed by atoms with Gasteiger partial charge in [0, 0.05) is 18.8 Å². The number of benzene rings is 1. The Morgan fingerprint density at radius 2 is 1.73 bits per heavy atom. The summed E-state index contributed by atoms with van der Waals surface area (Å²) in [5.74, 6) is 0. The summed E-state index contributed by atoms with van der Waals surface area (Å²) < 4.78 is 3.49. The molecule has 0 aliphatic heterocycles. The van der Waals surface area contributed by atoms with E-state index in [4.69, 9.17) is 0 Å². The highest BCUT2D eigenvalue weighted by Crippen LogP contribution is 2.04. The second-order valence-electron chi connectivity index (χ2n) is 3.29. The zero-order valence-corrected chi connectivity index (χ0v) is 8.27. The Kier molecular flexibility index (Phi) is 3.14. The van der Waals surface area contributed by atoms with Gasteiger partial charge in [0.15, 0.2) is 0 Å². The first-order valence-corrected chi connectivity index (χ1v) is 4.51. The SMILES string of the molecule is C.Cc1cc(=O)n(-c2ccccc2)n1C. The van der Waals surface area contributed by atoms with Crippen LogP contribution in [0.25, 0.3) is 5.69 Å². The summed E-state index contributed by atoms with van der Waals surface area (Å²) in [6.07, 6.45) is 0.